The van der Waals surface area contributed by atoms with Crippen molar-refractivity contribution in [2.45, 2.75) is 4.90 Å². The molecule has 28 heavy (non-hydrogen) atoms. The molecule has 0 atom stereocenters. The molecule has 148 valence electrons. The number of aromatic hydroxyl groups is 1. The number of nitrogens with zero attached hydrogens (tertiary/aromatic N) is 1. The molecule has 0 unspecified atom stereocenters. The van der Waals surface area contributed by atoms with Crippen LogP contribution in [0, 0.1) is 0 Å². The number of Topliss-reactive ketones (excluding diaryl/α,β-unsaturated/α-hetero) is 1. The third-order valence-electron chi connectivity index (χ3n) is 4.24. The molecule has 0 spiro atoms. The Morgan fingerprint density at radius 3 is 2.32 bits per heavy atom. The molecule has 1 aliphatic heterocycles. The molecule has 8 nitrogen and oxygen atoms in total. The molecule has 0 saturated carbocycles. The van der Waals surface area contributed by atoms with Crippen LogP contribution in [0.5, 0.6) is 5.75 Å². The summed E-state index contributed by atoms with van der Waals surface area (Å²) in [5, 5.41) is 9.62. The summed E-state index contributed by atoms with van der Waals surface area (Å²) >= 11 is 0. The SMILES string of the molecule is O=C(COC(=O)c1ccccc1O)c1ccc(S(=O)(=O)N2CCOCC2)cc1. The largest absolute Gasteiger partial charge is 0.507 e. The number of morpholine rings is 1. The van der Waals surface area contributed by atoms with Gasteiger partial charge in [0.15, 0.2) is 12.4 Å². The number of ether oxygens (including phenoxy) is 2. The Bertz CT molecular complexity index is 964. The van der Waals surface area contributed by atoms with E-state index in [1.54, 1.807) is 12.1 Å². The van der Waals surface area contributed by atoms with E-state index in [0.29, 0.717) is 13.2 Å². The number of rotatable bonds is 6. The number of esters is 1. The lowest BCUT2D eigenvalue weighted by Gasteiger charge is -2.26. The van der Waals surface area contributed by atoms with Crippen molar-refractivity contribution in [3.63, 3.8) is 0 Å². The van der Waals surface area contributed by atoms with Crippen molar-refractivity contribution in [1.29, 1.82) is 0 Å². The van der Waals surface area contributed by atoms with Crippen molar-refractivity contribution in [3.8, 4) is 5.75 Å². The average molecular weight is 405 g/mol. The van der Waals surface area contributed by atoms with E-state index < -0.39 is 28.4 Å². The lowest BCUT2D eigenvalue weighted by Crippen LogP contribution is -2.40. The van der Waals surface area contributed by atoms with E-state index in [2.05, 4.69) is 0 Å². The molecule has 0 amide bonds. The second-order valence-corrected chi connectivity index (χ2v) is 8.00. The number of para-hydroxylation sites is 1. The van der Waals surface area contributed by atoms with Gasteiger partial charge < -0.3 is 14.6 Å². The van der Waals surface area contributed by atoms with Gasteiger partial charge in [0, 0.05) is 18.7 Å². The van der Waals surface area contributed by atoms with E-state index in [-0.39, 0.29) is 34.9 Å². The van der Waals surface area contributed by atoms with Crippen LogP contribution in [0.3, 0.4) is 0 Å². The van der Waals surface area contributed by atoms with Crippen LogP contribution >= 0.6 is 0 Å². The monoisotopic (exact) mass is 405 g/mol. The van der Waals surface area contributed by atoms with E-state index in [4.69, 9.17) is 9.47 Å². The number of ketones is 1. The molecule has 1 fully saturated rings. The van der Waals surface area contributed by atoms with Crippen LogP contribution in [-0.2, 0) is 19.5 Å². The number of phenols is 1. The summed E-state index contributed by atoms with van der Waals surface area (Å²) in [4.78, 5) is 24.2. The highest BCUT2D eigenvalue weighted by Crippen LogP contribution is 2.19. The van der Waals surface area contributed by atoms with E-state index >= 15 is 0 Å². The molecule has 0 bridgehead atoms. The minimum absolute atomic E-state index is 0.0396. The molecule has 1 aliphatic rings. The number of phenolic OH excluding ortho intramolecular Hbond substituents is 1. The Morgan fingerprint density at radius 1 is 1.04 bits per heavy atom. The fourth-order valence-electron chi connectivity index (χ4n) is 2.69. The first-order valence-corrected chi connectivity index (χ1v) is 10.00. The molecule has 0 aromatic heterocycles. The van der Waals surface area contributed by atoms with Gasteiger partial charge in [-0.15, -0.1) is 0 Å². The molecule has 0 radical (unpaired) electrons. The van der Waals surface area contributed by atoms with Gasteiger partial charge in [-0.25, -0.2) is 13.2 Å². The van der Waals surface area contributed by atoms with Gasteiger partial charge in [0.1, 0.15) is 11.3 Å². The van der Waals surface area contributed by atoms with Gasteiger partial charge in [0.05, 0.1) is 18.1 Å². The Morgan fingerprint density at radius 2 is 1.68 bits per heavy atom. The molecule has 3 rings (SSSR count). The summed E-state index contributed by atoms with van der Waals surface area (Å²) in [5.74, 6) is -1.55. The van der Waals surface area contributed by atoms with Gasteiger partial charge in [-0.05, 0) is 36.4 Å². The highest BCUT2D eigenvalue weighted by atomic mass is 32.2. The number of carbonyl (C=O) groups excluding carboxylic acids is 2. The summed E-state index contributed by atoms with van der Waals surface area (Å²) in [7, 11) is -3.64. The zero-order valence-electron chi connectivity index (χ0n) is 14.9. The van der Waals surface area contributed by atoms with Crippen LogP contribution in [-0.4, -0.2) is 62.5 Å². The third-order valence-corrected chi connectivity index (χ3v) is 6.16. The van der Waals surface area contributed by atoms with E-state index in [1.165, 1.54) is 40.7 Å². The van der Waals surface area contributed by atoms with Gasteiger partial charge in [-0.2, -0.15) is 4.31 Å². The second kappa shape index (κ2) is 8.51. The highest BCUT2D eigenvalue weighted by Gasteiger charge is 2.26. The molecular formula is C19H19NO7S. The van der Waals surface area contributed by atoms with Gasteiger partial charge in [-0.3, -0.25) is 4.79 Å². The van der Waals surface area contributed by atoms with E-state index in [9.17, 15) is 23.1 Å². The zero-order chi connectivity index (χ0) is 20.1. The minimum Gasteiger partial charge on any atom is -0.507 e. The fourth-order valence-corrected chi connectivity index (χ4v) is 4.10. The number of hydrogen-bond donors (Lipinski definition) is 1. The van der Waals surface area contributed by atoms with Gasteiger partial charge in [0.25, 0.3) is 0 Å². The molecule has 1 heterocycles. The number of benzene rings is 2. The zero-order valence-corrected chi connectivity index (χ0v) is 15.7. The van der Waals surface area contributed by atoms with Gasteiger partial charge in [0.2, 0.25) is 10.0 Å². The predicted octanol–water partition coefficient (Wildman–Crippen LogP) is 1.45. The third kappa shape index (κ3) is 4.38. The summed E-state index contributed by atoms with van der Waals surface area (Å²) in [6, 6.07) is 11.3. The molecule has 2 aromatic carbocycles. The van der Waals surface area contributed by atoms with Crippen LogP contribution in [0.25, 0.3) is 0 Å². The predicted molar refractivity (Wildman–Crippen MR) is 98.7 cm³/mol. The Hall–Kier alpha value is -2.75. The summed E-state index contributed by atoms with van der Waals surface area (Å²) in [6.45, 7) is 0.732. The molecule has 2 aromatic rings. The topological polar surface area (TPSA) is 110 Å². The van der Waals surface area contributed by atoms with Crippen LogP contribution in [0.15, 0.2) is 53.4 Å². The summed E-state index contributed by atoms with van der Waals surface area (Å²) < 4.78 is 36.6. The van der Waals surface area contributed by atoms with E-state index in [0.717, 1.165) is 0 Å². The van der Waals surface area contributed by atoms with Crippen molar-refractivity contribution in [3.05, 3.63) is 59.7 Å². The quantitative estimate of drug-likeness (QED) is 0.572. The molecule has 1 N–H and O–H groups in total. The number of hydrogen-bond acceptors (Lipinski definition) is 7. The fraction of sp³-hybridized carbons (Fsp3) is 0.263. The standard InChI is InChI=1S/C19H19NO7S/c21-17-4-2-1-3-16(17)19(23)27-13-18(22)14-5-7-15(8-6-14)28(24,25)20-9-11-26-12-10-20/h1-8,21H,9-13H2. The molecular weight excluding hydrogens is 386 g/mol. The van der Waals surface area contributed by atoms with E-state index in [1.807, 2.05) is 0 Å². The summed E-state index contributed by atoms with van der Waals surface area (Å²) in [5.41, 5.74) is 0.174. The Labute approximate surface area is 162 Å². The second-order valence-electron chi connectivity index (χ2n) is 6.06. The molecule has 9 heteroatoms. The number of sulfonamides is 1. The van der Waals surface area contributed by atoms with Crippen molar-refractivity contribution < 1.29 is 32.6 Å². The first-order valence-electron chi connectivity index (χ1n) is 8.56. The lowest BCUT2D eigenvalue weighted by molar-refractivity contribution is 0.0472. The maximum Gasteiger partial charge on any atom is 0.342 e. The maximum absolute atomic E-state index is 12.6. The van der Waals surface area contributed by atoms with Crippen LogP contribution in [0.1, 0.15) is 20.7 Å². The van der Waals surface area contributed by atoms with Crippen molar-refractivity contribution in [2.24, 2.45) is 0 Å². The Balaban J connectivity index is 1.64. The lowest BCUT2D eigenvalue weighted by atomic mass is 10.1. The first-order chi connectivity index (χ1) is 13.4. The highest BCUT2D eigenvalue weighted by molar-refractivity contribution is 7.89. The van der Waals surface area contributed by atoms with Crippen LogP contribution < -0.4 is 0 Å². The summed E-state index contributed by atoms with van der Waals surface area (Å²) in [6.07, 6.45) is 0. The van der Waals surface area contributed by atoms with Gasteiger partial charge in [-0.1, -0.05) is 12.1 Å². The average Bonchev–Trinajstić information content (AvgIpc) is 2.73. The van der Waals surface area contributed by atoms with Crippen molar-refractivity contribution in [1.82, 2.24) is 4.31 Å². The smallest absolute Gasteiger partial charge is 0.342 e. The molecule has 0 aliphatic carbocycles. The maximum atomic E-state index is 12.6. The van der Waals surface area contributed by atoms with Crippen molar-refractivity contribution in [2.75, 3.05) is 32.9 Å². The van der Waals surface area contributed by atoms with Crippen LogP contribution in [0.2, 0.25) is 0 Å². The van der Waals surface area contributed by atoms with Crippen molar-refractivity contribution >= 4 is 21.8 Å². The van der Waals surface area contributed by atoms with Gasteiger partial charge >= 0.3 is 5.97 Å². The first kappa shape index (κ1) is 20.0. The van der Waals surface area contributed by atoms with Crippen LogP contribution in [0.4, 0.5) is 0 Å². The normalized spacial score (nSPS) is 15.1. The molecule has 1 saturated heterocycles. The minimum atomic E-state index is -3.64. The number of carbonyl (C=O) groups is 2. The Kier molecular flexibility index (Phi) is 6.08.